The van der Waals surface area contributed by atoms with E-state index in [1.165, 1.54) is 11.5 Å². The maximum absolute atomic E-state index is 11.5. The second-order valence-corrected chi connectivity index (χ2v) is 6.67. The first-order valence-electron chi connectivity index (χ1n) is 7.08. The SMILES string of the molecule is O=C(O)C1C2CCC(C2)C1Nc1snc2ccccc12. The summed E-state index contributed by atoms with van der Waals surface area (Å²) < 4.78 is 4.42. The number of carboxylic acids is 1. The average Bonchev–Trinajstić information content (AvgIpc) is 3.13. The van der Waals surface area contributed by atoms with E-state index < -0.39 is 5.97 Å². The third-order valence-electron chi connectivity index (χ3n) is 4.88. The van der Waals surface area contributed by atoms with Crippen LogP contribution in [0.4, 0.5) is 5.00 Å². The topological polar surface area (TPSA) is 62.2 Å². The normalized spacial score (nSPS) is 31.8. The molecule has 4 rings (SSSR count). The lowest BCUT2D eigenvalue weighted by Crippen LogP contribution is -2.39. The van der Waals surface area contributed by atoms with E-state index in [0.717, 1.165) is 35.2 Å². The van der Waals surface area contributed by atoms with Gasteiger partial charge in [-0.3, -0.25) is 4.79 Å². The number of fused-ring (bicyclic) bond motifs is 3. The lowest BCUT2D eigenvalue weighted by molar-refractivity contribution is -0.143. The molecule has 0 spiro atoms. The minimum atomic E-state index is -0.650. The van der Waals surface area contributed by atoms with E-state index in [-0.39, 0.29) is 12.0 Å². The number of rotatable bonds is 3. The average molecular weight is 288 g/mol. The summed E-state index contributed by atoms with van der Waals surface area (Å²) in [6, 6.07) is 8.08. The van der Waals surface area contributed by atoms with Crippen molar-refractivity contribution < 1.29 is 9.90 Å². The van der Waals surface area contributed by atoms with Crippen LogP contribution in [-0.4, -0.2) is 21.5 Å². The van der Waals surface area contributed by atoms with Gasteiger partial charge in [-0.1, -0.05) is 12.1 Å². The van der Waals surface area contributed by atoms with Gasteiger partial charge in [-0.25, -0.2) is 0 Å². The molecule has 4 nitrogen and oxygen atoms in total. The van der Waals surface area contributed by atoms with E-state index >= 15 is 0 Å². The van der Waals surface area contributed by atoms with Gasteiger partial charge in [0.2, 0.25) is 0 Å². The van der Waals surface area contributed by atoms with Crippen LogP contribution >= 0.6 is 11.5 Å². The van der Waals surface area contributed by atoms with Crippen LogP contribution < -0.4 is 5.32 Å². The van der Waals surface area contributed by atoms with Crippen LogP contribution in [0, 0.1) is 17.8 Å². The Labute approximate surface area is 121 Å². The zero-order valence-electron chi connectivity index (χ0n) is 11.0. The fraction of sp³-hybridized carbons (Fsp3) is 0.467. The van der Waals surface area contributed by atoms with E-state index in [1.807, 2.05) is 24.3 Å². The van der Waals surface area contributed by atoms with E-state index in [4.69, 9.17) is 0 Å². The van der Waals surface area contributed by atoms with E-state index in [0.29, 0.717) is 11.8 Å². The van der Waals surface area contributed by atoms with Crippen molar-refractivity contribution in [3.8, 4) is 0 Å². The molecule has 5 heteroatoms. The molecule has 2 aromatic rings. The number of aliphatic carboxylic acids is 1. The molecule has 20 heavy (non-hydrogen) atoms. The van der Waals surface area contributed by atoms with Crippen molar-refractivity contribution in [2.24, 2.45) is 17.8 Å². The molecule has 4 unspecified atom stereocenters. The molecule has 1 heterocycles. The van der Waals surface area contributed by atoms with Crippen molar-refractivity contribution >= 4 is 33.4 Å². The third-order valence-corrected chi connectivity index (χ3v) is 5.69. The lowest BCUT2D eigenvalue weighted by Gasteiger charge is -2.29. The zero-order chi connectivity index (χ0) is 13.7. The first kappa shape index (κ1) is 12.1. The highest BCUT2D eigenvalue weighted by molar-refractivity contribution is 7.11. The molecule has 2 bridgehead atoms. The van der Waals surface area contributed by atoms with Crippen LogP contribution in [0.5, 0.6) is 0 Å². The number of hydrogen-bond donors (Lipinski definition) is 2. The molecule has 2 fully saturated rings. The largest absolute Gasteiger partial charge is 0.481 e. The number of aromatic nitrogens is 1. The van der Waals surface area contributed by atoms with Crippen LogP contribution in [0.2, 0.25) is 0 Å². The fourth-order valence-electron chi connectivity index (χ4n) is 4.00. The molecule has 2 aliphatic carbocycles. The molecule has 0 radical (unpaired) electrons. The number of hydrogen-bond acceptors (Lipinski definition) is 4. The van der Waals surface area contributed by atoms with Gasteiger partial charge in [0.05, 0.1) is 11.4 Å². The van der Waals surface area contributed by atoms with Crippen molar-refractivity contribution in [3.05, 3.63) is 24.3 Å². The molecule has 0 saturated heterocycles. The van der Waals surface area contributed by atoms with E-state index in [2.05, 4.69) is 9.69 Å². The second kappa shape index (κ2) is 4.45. The predicted octanol–water partition coefficient (Wildman–Crippen LogP) is 3.21. The number of benzene rings is 1. The van der Waals surface area contributed by atoms with Crippen molar-refractivity contribution in [1.29, 1.82) is 0 Å². The smallest absolute Gasteiger partial charge is 0.308 e. The van der Waals surface area contributed by atoms with Gasteiger partial charge in [-0.2, -0.15) is 4.37 Å². The van der Waals surface area contributed by atoms with Gasteiger partial charge < -0.3 is 10.4 Å². The van der Waals surface area contributed by atoms with Gasteiger partial charge in [-0.05, 0) is 54.8 Å². The Balaban J connectivity index is 1.66. The van der Waals surface area contributed by atoms with Crippen molar-refractivity contribution in [3.63, 3.8) is 0 Å². The molecule has 0 amide bonds. The minimum Gasteiger partial charge on any atom is -0.481 e. The van der Waals surface area contributed by atoms with E-state index in [1.54, 1.807) is 0 Å². The molecule has 0 aliphatic heterocycles. The fourth-order valence-corrected chi connectivity index (χ4v) is 4.81. The summed E-state index contributed by atoms with van der Waals surface area (Å²) >= 11 is 1.44. The molecule has 4 atom stereocenters. The number of nitrogens with one attached hydrogen (secondary N) is 1. The highest BCUT2D eigenvalue weighted by Crippen LogP contribution is 2.50. The zero-order valence-corrected chi connectivity index (χ0v) is 11.8. The Bertz CT molecular complexity index is 669. The molecular formula is C15H16N2O2S. The summed E-state index contributed by atoms with van der Waals surface area (Å²) in [7, 11) is 0. The number of carbonyl (C=O) groups is 1. The van der Waals surface area contributed by atoms with Gasteiger partial charge in [-0.15, -0.1) is 0 Å². The quantitative estimate of drug-likeness (QED) is 0.910. The second-order valence-electron chi connectivity index (χ2n) is 5.90. The van der Waals surface area contributed by atoms with Gasteiger partial charge in [0, 0.05) is 11.4 Å². The van der Waals surface area contributed by atoms with Crippen LogP contribution in [0.3, 0.4) is 0 Å². The number of anilines is 1. The number of nitrogens with zero attached hydrogens (tertiary/aromatic N) is 1. The summed E-state index contributed by atoms with van der Waals surface area (Å²) in [6.07, 6.45) is 3.29. The van der Waals surface area contributed by atoms with Crippen LogP contribution in [0.1, 0.15) is 19.3 Å². The van der Waals surface area contributed by atoms with Crippen molar-refractivity contribution in [2.45, 2.75) is 25.3 Å². The Morgan fingerprint density at radius 1 is 1.30 bits per heavy atom. The summed E-state index contributed by atoms with van der Waals surface area (Å²) in [6.45, 7) is 0. The Morgan fingerprint density at radius 3 is 2.95 bits per heavy atom. The van der Waals surface area contributed by atoms with E-state index in [9.17, 15) is 9.90 Å². The van der Waals surface area contributed by atoms with Crippen LogP contribution in [-0.2, 0) is 4.79 Å². The molecule has 1 aromatic carbocycles. The molecule has 104 valence electrons. The monoisotopic (exact) mass is 288 g/mol. The van der Waals surface area contributed by atoms with Gasteiger partial charge in [0.25, 0.3) is 0 Å². The van der Waals surface area contributed by atoms with Crippen molar-refractivity contribution in [2.75, 3.05) is 5.32 Å². The maximum atomic E-state index is 11.5. The molecule has 2 N–H and O–H groups in total. The minimum absolute atomic E-state index is 0.0649. The van der Waals surface area contributed by atoms with Gasteiger partial charge >= 0.3 is 5.97 Å². The highest BCUT2D eigenvalue weighted by atomic mass is 32.1. The summed E-state index contributed by atoms with van der Waals surface area (Å²) in [5.41, 5.74) is 0.982. The molecular weight excluding hydrogens is 272 g/mol. The Hall–Kier alpha value is -1.62. The van der Waals surface area contributed by atoms with Gasteiger partial charge in [0.15, 0.2) is 0 Å². The molecule has 2 saturated carbocycles. The predicted molar refractivity (Wildman–Crippen MR) is 79.0 cm³/mol. The molecule has 2 aliphatic rings. The highest BCUT2D eigenvalue weighted by Gasteiger charge is 2.51. The Kier molecular flexibility index (Phi) is 2.70. The first-order valence-corrected chi connectivity index (χ1v) is 7.85. The number of carboxylic acid groups (broad SMARTS) is 1. The maximum Gasteiger partial charge on any atom is 0.308 e. The van der Waals surface area contributed by atoms with Gasteiger partial charge in [0.1, 0.15) is 5.00 Å². The summed E-state index contributed by atoms with van der Waals surface area (Å²) in [5.74, 6) is -0.0331. The Morgan fingerprint density at radius 2 is 2.10 bits per heavy atom. The summed E-state index contributed by atoms with van der Waals surface area (Å²) in [5, 5.41) is 15.1. The molecule has 1 aromatic heterocycles. The standard InChI is InChI=1S/C15H16N2O2S/c18-15(19)12-8-5-6-9(7-8)13(12)16-14-10-3-1-2-4-11(10)17-20-14/h1-4,8-9,12-13,16H,5-7H2,(H,18,19). The summed E-state index contributed by atoms with van der Waals surface area (Å²) in [4.78, 5) is 11.5. The van der Waals surface area contributed by atoms with Crippen LogP contribution in [0.15, 0.2) is 24.3 Å². The van der Waals surface area contributed by atoms with Crippen LogP contribution in [0.25, 0.3) is 10.9 Å². The lowest BCUT2D eigenvalue weighted by atomic mass is 9.84. The first-order chi connectivity index (χ1) is 9.74. The third kappa shape index (κ3) is 1.73. The van der Waals surface area contributed by atoms with Crippen molar-refractivity contribution in [1.82, 2.24) is 4.37 Å².